The fourth-order valence-corrected chi connectivity index (χ4v) is 1.97. The van der Waals surface area contributed by atoms with Gasteiger partial charge in [0.05, 0.1) is 16.8 Å². The van der Waals surface area contributed by atoms with Crippen LogP contribution in [0.15, 0.2) is 18.2 Å². The first-order chi connectivity index (χ1) is 8.45. The SMILES string of the molecule is CCC[C@H](N)C(=O)Nc1ccc(N(C)C)c(Cl)c1. The average Bonchev–Trinajstić information content (AvgIpc) is 2.28. The first kappa shape index (κ1) is 14.8. The minimum Gasteiger partial charge on any atom is -0.376 e. The van der Waals surface area contributed by atoms with Crippen LogP contribution < -0.4 is 16.0 Å². The Morgan fingerprint density at radius 3 is 2.67 bits per heavy atom. The second kappa shape index (κ2) is 6.61. The Bertz CT molecular complexity index is 421. The summed E-state index contributed by atoms with van der Waals surface area (Å²) in [6.45, 7) is 2.00. The maximum absolute atomic E-state index is 11.7. The molecule has 1 amide bonds. The fourth-order valence-electron chi connectivity index (χ4n) is 1.62. The summed E-state index contributed by atoms with van der Waals surface area (Å²) in [4.78, 5) is 13.7. The molecule has 4 nitrogen and oxygen atoms in total. The van der Waals surface area contributed by atoms with Crippen molar-refractivity contribution in [2.24, 2.45) is 5.73 Å². The largest absolute Gasteiger partial charge is 0.376 e. The van der Waals surface area contributed by atoms with Crippen LogP contribution in [0.25, 0.3) is 0 Å². The van der Waals surface area contributed by atoms with Gasteiger partial charge in [-0.05, 0) is 24.6 Å². The van der Waals surface area contributed by atoms with Gasteiger partial charge in [0.2, 0.25) is 5.91 Å². The van der Waals surface area contributed by atoms with E-state index in [9.17, 15) is 4.79 Å². The molecule has 0 heterocycles. The normalized spacial score (nSPS) is 12.1. The van der Waals surface area contributed by atoms with Crippen LogP contribution >= 0.6 is 11.6 Å². The van der Waals surface area contributed by atoms with Crippen LogP contribution in [-0.2, 0) is 4.79 Å². The molecule has 0 aliphatic rings. The van der Waals surface area contributed by atoms with Crippen molar-refractivity contribution in [1.82, 2.24) is 0 Å². The van der Waals surface area contributed by atoms with Gasteiger partial charge in [0.15, 0.2) is 0 Å². The van der Waals surface area contributed by atoms with Gasteiger partial charge in [-0.3, -0.25) is 4.79 Å². The number of benzene rings is 1. The Hall–Kier alpha value is -1.26. The molecule has 0 aliphatic carbocycles. The first-order valence-corrected chi connectivity index (χ1v) is 6.36. The number of nitrogens with one attached hydrogen (secondary N) is 1. The Labute approximate surface area is 113 Å². The molecule has 0 saturated heterocycles. The average molecular weight is 270 g/mol. The maximum Gasteiger partial charge on any atom is 0.241 e. The van der Waals surface area contributed by atoms with Crippen molar-refractivity contribution < 1.29 is 4.79 Å². The van der Waals surface area contributed by atoms with Crippen LogP contribution in [0, 0.1) is 0 Å². The Balaban J connectivity index is 2.74. The van der Waals surface area contributed by atoms with Gasteiger partial charge in [0, 0.05) is 19.8 Å². The number of anilines is 2. The van der Waals surface area contributed by atoms with Crippen LogP contribution in [0.3, 0.4) is 0 Å². The van der Waals surface area contributed by atoms with Gasteiger partial charge in [-0.1, -0.05) is 24.9 Å². The standard InChI is InChI=1S/C13H20ClN3O/c1-4-5-11(15)13(18)16-9-6-7-12(17(2)3)10(14)8-9/h6-8,11H,4-5,15H2,1-3H3,(H,16,18)/t11-/m0/s1. The van der Waals surface area contributed by atoms with Crippen LogP contribution in [0.2, 0.25) is 5.02 Å². The van der Waals surface area contributed by atoms with Gasteiger partial charge in [-0.2, -0.15) is 0 Å². The lowest BCUT2D eigenvalue weighted by Gasteiger charge is -2.16. The molecular formula is C13H20ClN3O. The Morgan fingerprint density at radius 2 is 2.17 bits per heavy atom. The van der Waals surface area contributed by atoms with Crippen molar-refractivity contribution in [2.45, 2.75) is 25.8 Å². The lowest BCUT2D eigenvalue weighted by Crippen LogP contribution is -2.35. The van der Waals surface area contributed by atoms with Crippen molar-refractivity contribution in [2.75, 3.05) is 24.3 Å². The van der Waals surface area contributed by atoms with E-state index in [1.54, 1.807) is 6.07 Å². The van der Waals surface area contributed by atoms with E-state index in [1.165, 1.54) is 0 Å². The molecule has 0 aromatic heterocycles. The predicted octanol–water partition coefficient (Wildman–Crippen LogP) is 2.47. The maximum atomic E-state index is 11.7. The van der Waals surface area contributed by atoms with E-state index in [0.717, 1.165) is 12.1 Å². The molecule has 0 unspecified atom stereocenters. The van der Waals surface area contributed by atoms with E-state index in [0.29, 0.717) is 17.1 Å². The number of carbonyl (C=O) groups is 1. The highest BCUT2D eigenvalue weighted by molar-refractivity contribution is 6.33. The molecular weight excluding hydrogens is 250 g/mol. The smallest absolute Gasteiger partial charge is 0.241 e. The number of halogens is 1. The zero-order valence-electron chi connectivity index (χ0n) is 11.0. The third-order valence-corrected chi connectivity index (χ3v) is 2.94. The summed E-state index contributed by atoms with van der Waals surface area (Å²) in [6, 6.07) is 4.94. The van der Waals surface area contributed by atoms with E-state index in [2.05, 4.69) is 5.32 Å². The van der Waals surface area contributed by atoms with Crippen molar-refractivity contribution in [3.8, 4) is 0 Å². The topological polar surface area (TPSA) is 58.4 Å². The molecule has 1 atom stereocenters. The summed E-state index contributed by atoms with van der Waals surface area (Å²) >= 11 is 6.12. The minimum atomic E-state index is -0.470. The molecule has 100 valence electrons. The quantitative estimate of drug-likeness (QED) is 0.863. The van der Waals surface area contributed by atoms with Gasteiger partial charge >= 0.3 is 0 Å². The Morgan fingerprint density at radius 1 is 1.50 bits per heavy atom. The highest BCUT2D eigenvalue weighted by Gasteiger charge is 2.13. The predicted molar refractivity (Wildman–Crippen MR) is 77.3 cm³/mol. The number of nitrogens with two attached hydrogens (primary N) is 1. The van der Waals surface area contributed by atoms with E-state index in [4.69, 9.17) is 17.3 Å². The second-order valence-electron chi connectivity index (χ2n) is 4.45. The van der Waals surface area contributed by atoms with Crippen molar-refractivity contribution in [3.63, 3.8) is 0 Å². The molecule has 0 saturated carbocycles. The van der Waals surface area contributed by atoms with E-state index >= 15 is 0 Å². The van der Waals surface area contributed by atoms with E-state index < -0.39 is 6.04 Å². The molecule has 0 aliphatic heterocycles. The van der Waals surface area contributed by atoms with Gasteiger partial charge in [-0.25, -0.2) is 0 Å². The number of carbonyl (C=O) groups excluding carboxylic acids is 1. The molecule has 0 spiro atoms. The summed E-state index contributed by atoms with van der Waals surface area (Å²) < 4.78 is 0. The van der Waals surface area contributed by atoms with Gasteiger partial charge < -0.3 is 16.0 Å². The van der Waals surface area contributed by atoms with E-state index in [-0.39, 0.29) is 5.91 Å². The fraction of sp³-hybridized carbons (Fsp3) is 0.462. The van der Waals surface area contributed by atoms with Crippen LogP contribution in [0.1, 0.15) is 19.8 Å². The lowest BCUT2D eigenvalue weighted by atomic mass is 10.1. The van der Waals surface area contributed by atoms with Gasteiger partial charge in [-0.15, -0.1) is 0 Å². The highest BCUT2D eigenvalue weighted by atomic mass is 35.5. The van der Waals surface area contributed by atoms with Crippen molar-refractivity contribution >= 4 is 28.9 Å². The molecule has 18 heavy (non-hydrogen) atoms. The number of rotatable bonds is 5. The molecule has 5 heteroatoms. The van der Waals surface area contributed by atoms with Crippen LogP contribution in [-0.4, -0.2) is 26.0 Å². The zero-order valence-corrected chi connectivity index (χ0v) is 11.8. The number of hydrogen-bond acceptors (Lipinski definition) is 3. The lowest BCUT2D eigenvalue weighted by molar-refractivity contribution is -0.117. The minimum absolute atomic E-state index is 0.175. The second-order valence-corrected chi connectivity index (χ2v) is 4.85. The summed E-state index contributed by atoms with van der Waals surface area (Å²) in [5, 5.41) is 3.37. The van der Waals surface area contributed by atoms with Crippen LogP contribution in [0.5, 0.6) is 0 Å². The van der Waals surface area contributed by atoms with Gasteiger partial charge in [0.25, 0.3) is 0 Å². The third-order valence-electron chi connectivity index (χ3n) is 2.63. The van der Waals surface area contributed by atoms with Gasteiger partial charge in [0.1, 0.15) is 0 Å². The molecule has 1 aromatic carbocycles. The highest BCUT2D eigenvalue weighted by Crippen LogP contribution is 2.27. The third kappa shape index (κ3) is 3.89. The van der Waals surface area contributed by atoms with Crippen molar-refractivity contribution in [1.29, 1.82) is 0 Å². The molecule has 3 N–H and O–H groups in total. The molecule has 1 rings (SSSR count). The molecule has 0 fully saturated rings. The molecule has 0 bridgehead atoms. The van der Waals surface area contributed by atoms with Crippen LogP contribution in [0.4, 0.5) is 11.4 Å². The monoisotopic (exact) mass is 269 g/mol. The number of hydrogen-bond donors (Lipinski definition) is 2. The zero-order chi connectivity index (χ0) is 13.7. The summed E-state index contributed by atoms with van der Waals surface area (Å²) in [5.41, 5.74) is 7.32. The molecule has 0 radical (unpaired) electrons. The Kier molecular flexibility index (Phi) is 5.44. The number of amides is 1. The summed E-state index contributed by atoms with van der Waals surface area (Å²) in [5.74, 6) is -0.175. The first-order valence-electron chi connectivity index (χ1n) is 5.99. The summed E-state index contributed by atoms with van der Waals surface area (Å²) in [7, 11) is 3.83. The van der Waals surface area contributed by atoms with E-state index in [1.807, 2.05) is 38.1 Å². The number of nitrogens with zero attached hydrogens (tertiary/aromatic N) is 1. The molecule has 1 aromatic rings. The summed E-state index contributed by atoms with van der Waals surface area (Å²) in [6.07, 6.45) is 1.56. The van der Waals surface area contributed by atoms with Crippen molar-refractivity contribution in [3.05, 3.63) is 23.2 Å².